The second kappa shape index (κ2) is 6.12. The number of aromatic nitrogens is 2. The van der Waals surface area contributed by atoms with Crippen molar-refractivity contribution in [3.8, 4) is 0 Å². The van der Waals surface area contributed by atoms with E-state index in [4.69, 9.17) is 0 Å². The van der Waals surface area contributed by atoms with Crippen LogP contribution in [0, 0.1) is 22.9 Å². The van der Waals surface area contributed by atoms with Crippen molar-refractivity contribution in [2.24, 2.45) is 0 Å². The number of nitrogens with zero attached hydrogens (tertiary/aromatic N) is 3. The Morgan fingerprint density at radius 3 is 2.86 bits per heavy atom. The van der Waals surface area contributed by atoms with Crippen LogP contribution in [0.5, 0.6) is 0 Å². The number of hydrogen-bond acceptors (Lipinski definition) is 6. The summed E-state index contributed by atoms with van der Waals surface area (Å²) in [6.45, 7) is 4.20. The smallest absolute Gasteiger partial charge is 0.329 e. The van der Waals surface area contributed by atoms with Gasteiger partial charge in [-0.05, 0) is 31.5 Å². The average Bonchev–Trinajstić information content (AvgIpc) is 2.43. The van der Waals surface area contributed by atoms with Crippen LogP contribution >= 0.6 is 0 Å². The second-order valence-corrected chi connectivity index (χ2v) is 4.30. The van der Waals surface area contributed by atoms with E-state index in [2.05, 4.69) is 20.6 Å². The first-order valence-electron chi connectivity index (χ1n) is 6.29. The van der Waals surface area contributed by atoms with Crippen LogP contribution in [0.3, 0.4) is 0 Å². The van der Waals surface area contributed by atoms with Crippen molar-refractivity contribution < 1.29 is 9.31 Å². The number of rotatable bonds is 5. The first kappa shape index (κ1) is 14.6. The Hall–Kier alpha value is -2.77. The van der Waals surface area contributed by atoms with Gasteiger partial charge in [0, 0.05) is 12.2 Å². The predicted molar refractivity (Wildman–Crippen MR) is 77.3 cm³/mol. The van der Waals surface area contributed by atoms with Gasteiger partial charge in [0.2, 0.25) is 11.8 Å². The third-order valence-electron chi connectivity index (χ3n) is 2.75. The Labute approximate surface area is 120 Å². The fourth-order valence-electron chi connectivity index (χ4n) is 1.70. The first-order valence-corrected chi connectivity index (χ1v) is 6.29. The summed E-state index contributed by atoms with van der Waals surface area (Å²) in [7, 11) is 0. The van der Waals surface area contributed by atoms with Crippen LogP contribution < -0.4 is 10.6 Å². The van der Waals surface area contributed by atoms with Crippen molar-refractivity contribution in [3.63, 3.8) is 0 Å². The molecule has 1 aromatic carbocycles. The standard InChI is InChI=1S/C13H14FN5O2/c1-3-15-13-16-7-11(19(20)21)12(18-13)17-10-6-9(14)5-4-8(10)2/h4-7H,3H2,1-2H3,(H2,15,16,17,18). The van der Waals surface area contributed by atoms with E-state index in [-0.39, 0.29) is 17.5 Å². The van der Waals surface area contributed by atoms with Gasteiger partial charge in [-0.25, -0.2) is 9.37 Å². The molecule has 0 amide bonds. The van der Waals surface area contributed by atoms with Gasteiger partial charge < -0.3 is 10.6 Å². The number of hydrogen-bond donors (Lipinski definition) is 2. The lowest BCUT2D eigenvalue weighted by atomic mass is 10.2. The van der Waals surface area contributed by atoms with Crippen molar-refractivity contribution in [2.45, 2.75) is 13.8 Å². The molecule has 1 heterocycles. The van der Waals surface area contributed by atoms with E-state index in [1.54, 1.807) is 13.0 Å². The lowest BCUT2D eigenvalue weighted by Gasteiger charge is -2.10. The molecule has 0 bridgehead atoms. The van der Waals surface area contributed by atoms with Crippen molar-refractivity contribution >= 4 is 23.1 Å². The molecule has 0 aliphatic heterocycles. The molecule has 0 atom stereocenters. The first-order chi connectivity index (χ1) is 10.0. The van der Waals surface area contributed by atoms with Crippen LogP contribution in [0.1, 0.15) is 12.5 Å². The number of aryl methyl sites for hydroxylation is 1. The summed E-state index contributed by atoms with van der Waals surface area (Å²) >= 11 is 0. The highest BCUT2D eigenvalue weighted by Crippen LogP contribution is 2.27. The molecule has 0 spiro atoms. The van der Waals surface area contributed by atoms with Crippen molar-refractivity contribution in [1.82, 2.24) is 9.97 Å². The van der Waals surface area contributed by atoms with Crippen molar-refractivity contribution in [1.29, 1.82) is 0 Å². The minimum Gasteiger partial charge on any atom is -0.354 e. The molecule has 1 aromatic heterocycles. The van der Waals surface area contributed by atoms with Gasteiger partial charge in [-0.15, -0.1) is 0 Å². The second-order valence-electron chi connectivity index (χ2n) is 4.30. The van der Waals surface area contributed by atoms with E-state index in [0.29, 0.717) is 12.2 Å². The molecular formula is C13H14FN5O2. The Kier molecular flexibility index (Phi) is 4.27. The lowest BCUT2D eigenvalue weighted by molar-refractivity contribution is -0.384. The largest absolute Gasteiger partial charge is 0.354 e. The fraction of sp³-hybridized carbons (Fsp3) is 0.231. The minimum atomic E-state index is -0.591. The van der Waals surface area contributed by atoms with Gasteiger partial charge in [-0.1, -0.05) is 6.07 Å². The van der Waals surface area contributed by atoms with Gasteiger partial charge in [0.05, 0.1) is 4.92 Å². The summed E-state index contributed by atoms with van der Waals surface area (Å²) < 4.78 is 13.3. The quantitative estimate of drug-likeness (QED) is 0.649. The predicted octanol–water partition coefficient (Wildman–Crippen LogP) is 3.01. The van der Waals surface area contributed by atoms with E-state index in [9.17, 15) is 14.5 Å². The molecule has 21 heavy (non-hydrogen) atoms. The minimum absolute atomic E-state index is 0.0136. The molecule has 0 aliphatic rings. The van der Waals surface area contributed by atoms with E-state index in [1.807, 2.05) is 6.92 Å². The third-order valence-corrected chi connectivity index (χ3v) is 2.75. The maximum atomic E-state index is 13.3. The highest BCUT2D eigenvalue weighted by molar-refractivity contribution is 5.68. The summed E-state index contributed by atoms with van der Waals surface area (Å²) in [5.74, 6) is -0.161. The Balaban J connectivity index is 2.43. The summed E-state index contributed by atoms with van der Waals surface area (Å²) in [5, 5.41) is 16.7. The number of anilines is 3. The van der Waals surface area contributed by atoms with Crippen LogP contribution in [0.15, 0.2) is 24.4 Å². The maximum Gasteiger partial charge on any atom is 0.329 e. The molecule has 8 heteroatoms. The SMILES string of the molecule is CCNc1ncc([N+](=O)[O-])c(Nc2cc(F)ccc2C)n1. The van der Waals surface area contributed by atoms with Crippen LogP contribution in [-0.4, -0.2) is 21.4 Å². The highest BCUT2D eigenvalue weighted by atomic mass is 19.1. The average molecular weight is 291 g/mol. The summed E-state index contributed by atoms with van der Waals surface area (Å²) in [6.07, 6.45) is 1.11. The van der Waals surface area contributed by atoms with Gasteiger partial charge in [0.1, 0.15) is 12.0 Å². The number of nitrogens with one attached hydrogen (secondary N) is 2. The van der Waals surface area contributed by atoms with Gasteiger partial charge in [-0.3, -0.25) is 10.1 Å². The van der Waals surface area contributed by atoms with E-state index in [0.717, 1.165) is 11.8 Å². The summed E-state index contributed by atoms with van der Waals surface area (Å²) in [5.41, 5.74) is 0.883. The molecule has 7 nitrogen and oxygen atoms in total. The zero-order valence-corrected chi connectivity index (χ0v) is 11.6. The van der Waals surface area contributed by atoms with E-state index in [1.165, 1.54) is 12.1 Å². The number of benzene rings is 1. The summed E-state index contributed by atoms with van der Waals surface area (Å²) in [4.78, 5) is 18.3. The normalized spacial score (nSPS) is 10.2. The maximum absolute atomic E-state index is 13.3. The molecule has 0 unspecified atom stereocenters. The lowest BCUT2D eigenvalue weighted by Crippen LogP contribution is -2.07. The molecule has 110 valence electrons. The molecule has 0 saturated carbocycles. The van der Waals surface area contributed by atoms with Crippen LogP contribution in [-0.2, 0) is 0 Å². The van der Waals surface area contributed by atoms with Gasteiger partial charge in [0.15, 0.2) is 0 Å². The highest BCUT2D eigenvalue weighted by Gasteiger charge is 2.18. The number of nitro groups is 1. The van der Waals surface area contributed by atoms with Crippen molar-refractivity contribution in [3.05, 3.63) is 45.9 Å². The Morgan fingerprint density at radius 1 is 1.43 bits per heavy atom. The van der Waals surface area contributed by atoms with Crippen molar-refractivity contribution in [2.75, 3.05) is 17.2 Å². The molecular weight excluding hydrogens is 277 g/mol. The molecule has 2 rings (SSSR count). The fourth-order valence-corrected chi connectivity index (χ4v) is 1.70. The molecule has 2 N–H and O–H groups in total. The Morgan fingerprint density at radius 2 is 2.19 bits per heavy atom. The molecule has 2 aromatic rings. The van der Waals surface area contributed by atoms with Crippen LogP contribution in [0.2, 0.25) is 0 Å². The van der Waals surface area contributed by atoms with Crippen LogP contribution in [0.4, 0.5) is 27.5 Å². The van der Waals surface area contributed by atoms with E-state index < -0.39 is 10.7 Å². The molecule has 0 aliphatic carbocycles. The number of halogens is 1. The van der Waals surface area contributed by atoms with Gasteiger partial charge >= 0.3 is 5.69 Å². The molecule has 0 saturated heterocycles. The third kappa shape index (κ3) is 3.41. The molecule has 0 fully saturated rings. The van der Waals surface area contributed by atoms with Crippen LogP contribution in [0.25, 0.3) is 0 Å². The zero-order valence-electron chi connectivity index (χ0n) is 11.6. The molecule has 0 radical (unpaired) electrons. The topological polar surface area (TPSA) is 93.0 Å². The van der Waals surface area contributed by atoms with Gasteiger partial charge in [0.25, 0.3) is 0 Å². The van der Waals surface area contributed by atoms with Gasteiger partial charge in [-0.2, -0.15) is 4.98 Å². The Bertz CT molecular complexity index is 678. The monoisotopic (exact) mass is 291 g/mol. The summed E-state index contributed by atoms with van der Waals surface area (Å²) in [6, 6.07) is 4.16. The zero-order chi connectivity index (χ0) is 15.4. The van der Waals surface area contributed by atoms with E-state index >= 15 is 0 Å².